The summed E-state index contributed by atoms with van der Waals surface area (Å²) in [4.78, 5) is 20.4. The topological polar surface area (TPSA) is 61.2 Å². The molecule has 0 aliphatic rings. The molecule has 1 heterocycles. The van der Waals surface area contributed by atoms with Crippen LogP contribution in [0.1, 0.15) is 17.3 Å². The lowest BCUT2D eigenvalue weighted by Crippen LogP contribution is -2.04. The first-order valence-corrected chi connectivity index (χ1v) is 4.23. The lowest BCUT2D eigenvalue weighted by Gasteiger charge is -1.87. The van der Waals surface area contributed by atoms with Crippen LogP contribution in [0, 0.1) is 6.92 Å². The Labute approximate surface area is 88.3 Å². The molecule has 0 aromatic carbocycles. The van der Waals surface area contributed by atoms with Crippen molar-refractivity contribution in [3.8, 4) is 0 Å². The third kappa shape index (κ3) is 5.41. The van der Waals surface area contributed by atoms with E-state index in [1.165, 1.54) is 18.7 Å². The molecule has 0 fully saturated rings. The number of esters is 1. The van der Waals surface area contributed by atoms with Gasteiger partial charge in [0.1, 0.15) is 0 Å². The molecule has 0 bridgehead atoms. The third-order valence-electron chi connectivity index (χ3n) is 1.40. The summed E-state index contributed by atoms with van der Waals surface area (Å²) in [5, 5.41) is 3.78. The second-order valence-corrected chi connectivity index (χ2v) is 2.71. The Morgan fingerprint density at radius 3 is 2.33 bits per heavy atom. The second-order valence-electron chi connectivity index (χ2n) is 2.71. The first-order valence-electron chi connectivity index (χ1n) is 4.23. The Hall–Kier alpha value is -1.91. The highest BCUT2D eigenvalue weighted by Crippen LogP contribution is 1.92. The van der Waals surface area contributed by atoms with Crippen molar-refractivity contribution in [1.82, 2.24) is 9.78 Å². The molecule has 0 amide bonds. The minimum absolute atomic E-state index is 0.0527. The van der Waals surface area contributed by atoms with Gasteiger partial charge in [0.05, 0.1) is 13.3 Å². The van der Waals surface area contributed by atoms with Crippen molar-refractivity contribution in [2.24, 2.45) is 0 Å². The predicted molar refractivity (Wildman–Crippen MR) is 55.5 cm³/mol. The fourth-order valence-corrected chi connectivity index (χ4v) is 0.668. The number of nitrogens with zero attached hydrogens (tertiary/aromatic N) is 2. The summed E-state index contributed by atoms with van der Waals surface area (Å²) in [5.74, 6) is -0.446. The maximum absolute atomic E-state index is 10.6. The minimum atomic E-state index is -0.394. The molecule has 0 radical (unpaired) electrons. The van der Waals surface area contributed by atoms with Gasteiger partial charge in [-0.2, -0.15) is 5.10 Å². The molecular formula is C10H14N2O3. The Morgan fingerprint density at radius 1 is 1.60 bits per heavy atom. The summed E-state index contributed by atoms with van der Waals surface area (Å²) in [7, 11) is 1.31. The highest BCUT2D eigenvalue weighted by Gasteiger charge is 1.95. The number of carbonyl (C=O) groups excluding carboxylic acids is 2. The van der Waals surface area contributed by atoms with Gasteiger partial charge in [0.15, 0.2) is 0 Å². The van der Waals surface area contributed by atoms with Gasteiger partial charge in [-0.3, -0.25) is 4.79 Å². The van der Waals surface area contributed by atoms with E-state index in [4.69, 9.17) is 0 Å². The van der Waals surface area contributed by atoms with Crippen LogP contribution in [0.15, 0.2) is 25.0 Å². The van der Waals surface area contributed by atoms with E-state index in [0.29, 0.717) is 0 Å². The van der Waals surface area contributed by atoms with E-state index in [0.717, 1.165) is 11.6 Å². The number of methoxy groups -OCH3 is 1. The van der Waals surface area contributed by atoms with E-state index in [2.05, 4.69) is 16.4 Å². The van der Waals surface area contributed by atoms with Crippen molar-refractivity contribution in [3.63, 3.8) is 0 Å². The Balaban J connectivity index is 0.000000288. The van der Waals surface area contributed by atoms with Crippen LogP contribution in [0.25, 0.3) is 0 Å². The number of carbonyl (C=O) groups is 2. The monoisotopic (exact) mass is 210 g/mol. The van der Waals surface area contributed by atoms with E-state index in [1.54, 1.807) is 12.4 Å². The number of rotatable bonds is 1. The van der Waals surface area contributed by atoms with Gasteiger partial charge in [0.25, 0.3) is 0 Å². The van der Waals surface area contributed by atoms with Crippen LogP contribution >= 0.6 is 0 Å². The van der Waals surface area contributed by atoms with Crippen LogP contribution in [0.4, 0.5) is 0 Å². The zero-order valence-electron chi connectivity index (χ0n) is 9.06. The molecule has 1 rings (SSSR count). The SMILES string of the molecule is C=CC(=O)OC.CC(=O)n1cc(C)cn1. The van der Waals surface area contributed by atoms with Crippen molar-refractivity contribution in [3.05, 3.63) is 30.6 Å². The molecule has 15 heavy (non-hydrogen) atoms. The van der Waals surface area contributed by atoms with Crippen LogP contribution in [0.2, 0.25) is 0 Å². The predicted octanol–water partition coefficient (Wildman–Crippen LogP) is 1.20. The third-order valence-corrected chi connectivity index (χ3v) is 1.40. The summed E-state index contributed by atoms with van der Waals surface area (Å²) < 4.78 is 5.46. The fourth-order valence-electron chi connectivity index (χ4n) is 0.668. The average molecular weight is 210 g/mol. The molecule has 0 N–H and O–H groups in total. The largest absolute Gasteiger partial charge is 0.466 e. The van der Waals surface area contributed by atoms with Crippen LogP contribution in [0.3, 0.4) is 0 Å². The smallest absolute Gasteiger partial charge is 0.329 e. The molecule has 0 atom stereocenters. The molecule has 0 saturated carbocycles. The first kappa shape index (κ1) is 13.1. The Morgan fingerprint density at radius 2 is 2.20 bits per heavy atom. The van der Waals surface area contributed by atoms with E-state index in [1.807, 2.05) is 6.92 Å². The molecule has 5 nitrogen and oxygen atoms in total. The van der Waals surface area contributed by atoms with Crippen LogP contribution < -0.4 is 0 Å². The fraction of sp³-hybridized carbons (Fsp3) is 0.300. The van der Waals surface area contributed by atoms with Crippen molar-refractivity contribution in [2.45, 2.75) is 13.8 Å². The van der Waals surface area contributed by atoms with Crippen molar-refractivity contribution >= 4 is 11.9 Å². The molecule has 82 valence electrons. The van der Waals surface area contributed by atoms with Crippen molar-refractivity contribution in [2.75, 3.05) is 7.11 Å². The number of aromatic nitrogens is 2. The highest BCUT2D eigenvalue weighted by molar-refractivity contribution is 5.80. The van der Waals surface area contributed by atoms with Gasteiger partial charge in [-0.05, 0) is 12.5 Å². The van der Waals surface area contributed by atoms with Gasteiger partial charge in [-0.15, -0.1) is 0 Å². The zero-order chi connectivity index (χ0) is 11.8. The van der Waals surface area contributed by atoms with E-state index in [9.17, 15) is 9.59 Å². The van der Waals surface area contributed by atoms with Gasteiger partial charge >= 0.3 is 5.97 Å². The van der Waals surface area contributed by atoms with Crippen molar-refractivity contribution in [1.29, 1.82) is 0 Å². The van der Waals surface area contributed by atoms with E-state index >= 15 is 0 Å². The summed E-state index contributed by atoms with van der Waals surface area (Å²) in [6, 6.07) is 0. The quantitative estimate of drug-likeness (QED) is 0.516. The second kappa shape index (κ2) is 6.53. The average Bonchev–Trinajstić information content (AvgIpc) is 2.64. The molecule has 0 aliphatic heterocycles. The normalized spacial score (nSPS) is 8.47. The van der Waals surface area contributed by atoms with Crippen LogP contribution in [-0.4, -0.2) is 28.8 Å². The molecule has 5 heteroatoms. The lowest BCUT2D eigenvalue weighted by atomic mass is 10.4. The molecule has 0 saturated heterocycles. The summed E-state index contributed by atoms with van der Waals surface area (Å²) in [6.45, 7) is 6.53. The maximum Gasteiger partial charge on any atom is 0.329 e. The van der Waals surface area contributed by atoms with Crippen LogP contribution in [-0.2, 0) is 9.53 Å². The maximum atomic E-state index is 10.6. The van der Waals surface area contributed by atoms with E-state index < -0.39 is 5.97 Å². The van der Waals surface area contributed by atoms with E-state index in [-0.39, 0.29) is 5.91 Å². The molecular weight excluding hydrogens is 196 g/mol. The summed E-state index contributed by atoms with van der Waals surface area (Å²) in [5.41, 5.74) is 1.00. The first-order chi connectivity index (χ1) is 7.01. The number of aryl methyl sites for hydroxylation is 1. The number of hydrogen-bond acceptors (Lipinski definition) is 4. The van der Waals surface area contributed by atoms with Crippen LogP contribution in [0.5, 0.6) is 0 Å². The summed E-state index contributed by atoms with van der Waals surface area (Å²) >= 11 is 0. The van der Waals surface area contributed by atoms with Gasteiger partial charge in [0, 0.05) is 19.2 Å². The molecule has 1 aromatic rings. The molecule has 1 aromatic heterocycles. The standard InChI is InChI=1S/C6H8N2O.C4H6O2/c1-5-3-7-8(4-5)6(2)9;1-3-4(5)6-2/h3-4H,1-2H3;3H,1H2,2H3. The van der Waals surface area contributed by atoms with Gasteiger partial charge < -0.3 is 4.74 Å². The zero-order valence-corrected chi connectivity index (χ0v) is 9.06. The number of hydrogen-bond donors (Lipinski definition) is 0. The number of ether oxygens (including phenoxy) is 1. The van der Waals surface area contributed by atoms with Gasteiger partial charge in [-0.25, -0.2) is 9.48 Å². The molecule has 0 unspecified atom stereocenters. The summed E-state index contributed by atoms with van der Waals surface area (Å²) in [6.07, 6.45) is 4.46. The Kier molecular flexibility index (Phi) is 5.70. The highest BCUT2D eigenvalue weighted by atomic mass is 16.5. The minimum Gasteiger partial charge on any atom is -0.466 e. The van der Waals surface area contributed by atoms with Gasteiger partial charge in [-0.1, -0.05) is 6.58 Å². The molecule has 0 aliphatic carbocycles. The van der Waals surface area contributed by atoms with Gasteiger partial charge in [0.2, 0.25) is 5.91 Å². The molecule has 0 spiro atoms. The Bertz CT molecular complexity index is 355. The lowest BCUT2D eigenvalue weighted by molar-refractivity contribution is -0.134. The van der Waals surface area contributed by atoms with Crippen molar-refractivity contribution < 1.29 is 14.3 Å².